The normalized spacial score (nSPS) is 25.1. The van der Waals surface area contributed by atoms with Crippen LogP contribution in [0.25, 0.3) is 0 Å². The lowest BCUT2D eigenvalue weighted by atomic mass is 9.77. The van der Waals surface area contributed by atoms with Crippen molar-refractivity contribution in [1.82, 2.24) is 0 Å². The zero-order valence-corrected chi connectivity index (χ0v) is 14.5. The summed E-state index contributed by atoms with van der Waals surface area (Å²) in [4.78, 5) is 0. The van der Waals surface area contributed by atoms with Gasteiger partial charge in [-0.3, -0.25) is 0 Å². The fourth-order valence-corrected chi connectivity index (χ4v) is 6.40. The molecule has 1 fully saturated rings. The van der Waals surface area contributed by atoms with Crippen LogP contribution in [0.1, 0.15) is 63.9 Å². The SMILES string of the molecule is CCCC([SiH2]CC)[C@H]1CC[C@H](c2ccc(F)cc2)CC1. The van der Waals surface area contributed by atoms with Crippen molar-refractivity contribution in [3.8, 4) is 0 Å². The Morgan fingerprint density at radius 2 is 1.75 bits per heavy atom. The minimum absolute atomic E-state index is 0.112. The molecule has 1 saturated carbocycles. The fraction of sp³-hybridized carbons (Fsp3) is 0.667. The summed E-state index contributed by atoms with van der Waals surface area (Å²) in [5.74, 6) is 1.56. The second-order valence-corrected chi connectivity index (χ2v) is 9.13. The Morgan fingerprint density at radius 3 is 2.30 bits per heavy atom. The Balaban J connectivity index is 1.89. The van der Waals surface area contributed by atoms with Crippen molar-refractivity contribution in [3.63, 3.8) is 0 Å². The van der Waals surface area contributed by atoms with Gasteiger partial charge in [0.2, 0.25) is 0 Å². The van der Waals surface area contributed by atoms with Crippen LogP contribution in [0, 0.1) is 11.7 Å². The molecule has 0 N–H and O–H groups in total. The maximum Gasteiger partial charge on any atom is 0.123 e. The molecule has 2 rings (SSSR count). The predicted molar refractivity (Wildman–Crippen MR) is 88.8 cm³/mol. The van der Waals surface area contributed by atoms with Crippen LogP contribution in [0.3, 0.4) is 0 Å². The van der Waals surface area contributed by atoms with Crippen molar-refractivity contribution in [2.75, 3.05) is 0 Å². The van der Waals surface area contributed by atoms with Crippen molar-refractivity contribution in [2.24, 2.45) is 5.92 Å². The minimum atomic E-state index is -0.112. The van der Waals surface area contributed by atoms with Gasteiger partial charge in [-0.05, 0) is 60.8 Å². The highest BCUT2D eigenvalue weighted by Crippen LogP contribution is 2.42. The quantitative estimate of drug-likeness (QED) is 0.625. The topological polar surface area (TPSA) is 0 Å². The molecular formula is C18H29FSi. The first-order valence-electron chi connectivity index (χ1n) is 8.50. The van der Waals surface area contributed by atoms with E-state index in [1.54, 1.807) is 12.1 Å². The Labute approximate surface area is 126 Å². The van der Waals surface area contributed by atoms with Gasteiger partial charge >= 0.3 is 0 Å². The second-order valence-electron chi connectivity index (χ2n) is 6.50. The Morgan fingerprint density at radius 1 is 1.10 bits per heavy atom. The number of hydrogen-bond donors (Lipinski definition) is 0. The van der Waals surface area contributed by atoms with Gasteiger partial charge in [-0.25, -0.2) is 4.39 Å². The van der Waals surface area contributed by atoms with Crippen LogP contribution in [-0.4, -0.2) is 9.52 Å². The van der Waals surface area contributed by atoms with E-state index in [-0.39, 0.29) is 15.3 Å². The third kappa shape index (κ3) is 4.18. The van der Waals surface area contributed by atoms with Gasteiger partial charge in [0.15, 0.2) is 0 Å². The average Bonchev–Trinajstić information content (AvgIpc) is 2.48. The number of hydrogen-bond acceptors (Lipinski definition) is 0. The van der Waals surface area contributed by atoms with E-state index >= 15 is 0 Å². The molecule has 0 nitrogen and oxygen atoms in total. The lowest BCUT2D eigenvalue weighted by molar-refractivity contribution is 0.303. The van der Waals surface area contributed by atoms with E-state index in [1.807, 2.05) is 12.1 Å². The Kier molecular flexibility index (Phi) is 6.27. The number of benzene rings is 1. The molecule has 1 unspecified atom stereocenters. The van der Waals surface area contributed by atoms with Gasteiger partial charge in [0.1, 0.15) is 5.82 Å². The molecule has 0 aliphatic heterocycles. The summed E-state index contributed by atoms with van der Waals surface area (Å²) >= 11 is 0. The van der Waals surface area contributed by atoms with Crippen LogP contribution < -0.4 is 0 Å². The summed E-state index contributed by atoms with van der Waals surface area (Å²) < 4.78 is 13.0. The van der Waals surface area contributed by atoms with Gasteiger partial charge < -0.3 is 0 Å². The minimum Gasteiger partial charge on any atom is -0.207 e. The van der Waals surface area contributed by atoms with Crippen LogP contribution in [-0.2, 0) is 0 Å². The van der Waals surface area contributed by atoms with Crippen LogP contribution in [0.4, 0.5) is 4.39 Å². The predicted octanol–water partition coefficient (Wildman–Crippen LogP) is 5.30. The second kappa shape index (κ2) is 7.97. The van der Waals surface area contributed by atoms with Crippen LogP contribution in [0.15, 0.2) is 24.3 Å². The molecule has 0 spiro atoms. The van der Waals surface area contributed by atoms with E-state index in [1.165, 1.54) is 50.1 Å². The Hall–Kier alpha value is -0.633. The van der Waals surface area contributed by atoms with Crippen molar-refractivity contribution in [3.05, 3.63) is 35.6 Å². The zero-order chi connectivity index (χ0) is 14.4. The largest absolute Gasteiger partial charge is 0.207 e. The van der Waals surface area contributed by atoms with Crippen molar-refractivity contribution in [2.45, 2.75) is 69.9 Å². The molecule has 0 bridgehead atoms. The molecule has 1 atom stereocenters. The molecule has 0 aromatic heterocycles. The molecule has 1 aromatic rings. The molecule has 1 aromatic carbocycles. The summed E-state index contributed by atoms with van der Waals surface area (Å²) in [6.45, 7) is 4.71. The summed E-state index contributed by atoms with van der Waals surface area (Å²) in [5, 5.41) is 0. The average molecular weight is 293 g/mol. The number of halogens is 1. The first kappa shape index (κ1) is 15.8. The zero-order valence-electron chi connectivity index (χ0n) is 13.1. The molecule has 1 aliphatic carbocycles. The van der Waals surface area contributed by atoms with E-state index in [0.717, 1.165) is 11.5 Å². The molecule has 2 heteroatoms. The highest BCUT2D eigenvalue weighted by atomic mass is 28.2. The lowest BCUT2D eigenvalue weighted by Crippen LogP contribution is -2.21. The Bertz CT molecular complexity index is 373. The molecule has 0 saturated heterocycles. The summed E-state index contributed by atoms with van der Waals surface area (Å²) in [5.41, 5.74) is 2.43. The first-order chi connectivity index (χ1) is 9.74. The van der Waals surface area contributed by atoms with E-state index < -0.39 is 0 Å². The summed E-state index contributed by atoms with van der Waals surface area (Å²) in [6.07, 6.45) is 8.25. The highest BCUT2D eigenvalue weighted by molar-refractivity contribution is 6.37. The molecule has 0 heterocycles. The maximum absolute atomic E-state index is 13.0. The van der Waals surface area contributed by atoms with E-state index in [9.17, 15) is 4.39 Å². The van der Waals surface area contributed by atoms with E-state index in [4.69, 9.17) is 0 Å². The molecule has 0 radical (unpaired) electrons. The van der Waals surface area contributed by atoms with Crippen LogP contribution >= 0.6 is 0 Å². The van der Waals surface area contributed by atoms with Gasteiger partial charge in [-0.15, -0.1) is 0 Å². The van der Waals surface area contributed by atoms with E-state index in [2.05, 4.69) is 13.8 Å². The number of rotatable bonds is 6. The van der Waals surface area contributed by atoms with Crippen molar-refractivity contribution < 1.29 is 4.39 Å². The molecular weight excluding hydrogens is 263 g/mol. The summed E-state index contributed by atoms with van der Waals surface area (Å²) in [6, 6.07) is 8.68. The van der Waals surface area contributed by atoms with Crippen molar-refractivity contribution in [1.29, 1.82) is 0 Å². The fourth-order valence-electron chi connectivity index (χ4n) is 4.02. The third-order valence-electron chi connectivity index (χ3n) is 5.10. The molecule has 20 heavy (non-hydrogen) atoms. The lowest BCUT2D eigenvalue weighted by Gasteiger charge is -2.34. The smallest absolute Gasteiger partial charge is 0.123 e. The van der Waals surface area contributed by atoms with E-state index in [0.29, 0.717) is 5.92 Å². The van der Waals surface area contributed by atoms with Crippen LogP contribution in [0.2, 0.25) is 11.6 Å². The molecule has 0 amide bonds. The molecule has 112 valence electrons. The standard InChI is InChI=1S/C18H29FSi/c1-3-5-18(20-4-2)16-8-6-14(7-9-16)15-10-12-17(19)13-11-15/h10-14,16,18H,3-9,20H2,1-2H3/t14-,16-,18?. The first-order valence-corrected chi connectivity index (χ1v) is 10.3. The van der Waals surface area contributed by atoms with Crippen molar-refractivity contribution >= 4 is 9.52 Å². The third-order valence-corrected chi connectivity index (χ3v) is 7.49. The summed E-state index contributed by atoms with van der Waals surface area (Å²) in [7, 11) is 0.145. The molecule has 1 aliphatic rings. The highest BCUT2D eigenvalue weighted by Gasteiger charge is 2.27. The van der Waals surface area contributed by atoms with Gasteiger partial charge in [-0.1, -0.05) is 44.9 Å². The maximum atomic E-state index is 13.0. The van der Waals surface area contributed by atoms with Gasteiger partial charge in [0.25, 0.3) is 0 Å². The van der Waals surface area contributed by atoms with Gasteiger partial charge in [0, 0.05) is 9.52 Å². The van der Waals surface area contributed by atoms with Gasteiger partial charge in [0.05, 0.1) is 0 Å². The van der Waals surface area contributed by atoms with Crippen LogP contribution in [0.5, 0.6) is 0 Å². The monoisotopic (exact) mass is 292 g/mol. The van der Waals surface area contributed by atoms with Gasteiger partial charge in [-0.2, -0.15) is 0 Å².